The molecule has 112 valence electrons. The Labute approximate surface area is 129 Å². The number of carbonyl (C=O) groups excluding carboxylic acids is 1. The number of nitrogens with zero attached hydrogens (tertiary/aromatic N) is 3. The number of nitrogens with one attached hydrogen (secondary N) is 1. The van der Waals surface area contributed by atoms with Gasteiger partial charge in [-0.15, -0.1) is 5.10 Å². The standard InChI is InChI=1S/C17H18N4O/c1-3-21-16-10-9-14(11-15(16)19-20-21)17(22)18-12(2)13-7-5-4-6-8-13/h4-12H,3H2,1-2H3,(H,18,22)/t12-/m1/s1. The molecule has 0 aliphatic carbocycles. The maximum absolute atomic E-state index is 12.4. The van der Waals surface area contributed by atoms with Gasteiger partial charge in [0.2, 0.25) is 0 Å². The molecule has 3 aromatic rings. The highest BCUT2D eigenvalue weighted by Gasteiger charge is 2.13. The SMILES string of the molecule is CCn1nnc2cc(C(=O)N[C@H](C)c3ccccc3)ccc21. The van der Waals surface area contributed by atoms with Gasteiger partial charge >= 0.3 is 0 Å². The average molecular weight is 294 g/mol. The van der Waals surface area contributed by atoms with Crippen molar-refractivity contribution in [3.63, 3.8) is 0 Å². The fourth-order valence-corrected chi connectivity index (χ4v) is 2.45. The number of amides is 1. The number of hydrogen-bond acceptors (Lipinski definition) is 3. The Morgan fingerprint density at radius 3 is 2.73 bits per heavy atom. The Hall–Kier alpha value is -2.69. The van der Waals surface area contributed by atoms with E-state index in [9.17, 15) is 4.79 Å². The van der Waals surface area contributed by atoms with Crippen molar-refractivity contribution in [2.75, 3.05) is 0 Å². The van der Waals surface area contributed by atoms with E-state index in [2.05, 4.69) is 15.6 Å². The van der Waals surface area contributed by atoms with Crippen LogP contribution in [0.3, 0.4) is 0 Å². The summed E-state index contributed by atoms with van der Waals surface area (Å²) in [5.74, 6) is -0.107. The van der Waals surface area contributed by atoms with Crippen LogP contribution in [0.1, 0.15) is 35.8 Å². The fraction of sp³-hybridized carbons (Fsp3) is 0.235. The summed E-state index contributed by atoms with van der Waals surface area (Å²) >= 11 is 0. The van der Waals surface area contributed by atoms with Gasteiger partial charge < -0.3 is 5.32 Å². The van der Waals surface area contributed by atoms with Gasteiger partial charge in [0.25, 0.3) is 5.91 Å². The summed E-state index contributed by atoms with van der Waals surface area (Å²) in [7, 11) is 0. The first kappa shape index (κ1) is 14.3. The molecule has 0 unspecified atom stereocenters. The number of hydrogen-bond donors (Lipinski definition) is 1. The van der Waals surface area contributed by atoms with Gasteiger partial charge in [0.05, 0.1) is 11.6 Å². The van der Waals surface area contributed by atoms with E-state index in [0.29, 0.717) is 5.56 Å². The fourth-order valence-electron chi connectivity index (χ4n) is 2.45. The van der Waals surface area contributed by atoms with Crippen molar-refractivity contribution in [2.24, 2.45) is 0 Å². The lowest BCUT2D eigenvalue weighted by Crippen LogP contribution is -2.26. The van der Waals surface area contributed by atoms with E-state index in [1.165, 1.54) is 0 Å². The van der Waals surface area contributed by atoms with Gasteiger partial charge in [-0.25, -0.2) is 4.68 Å². The van der Waals surface area contributed by atoms with Crippen molar-refractivity contribution < 1.29 is 4.79 Å². The number of rotatable bonds is 4. The predicted molar refractivity (Wildman–Crippen MR) is 85.5 cm³/mol. The first-order valence-electron chi connectivity index (χ1n) is 7.38. The molecule has 0 bridgehead atoms. The molecule has 0 saturated carbocycles. The molecule has 0 radical (unpaired) electrons. The van der Waals surface area contributed by atoms with Gasteiger partial charge in [-0.1, -0.05) is 35.5 Å². The molecule has 2 aromatic carbocycles. The number of aryl methyl sites for hydroxylation is 1. The second-order valence-corrected chi connectivity index (χ2v) is 5.21. The van der Waals surface area contributed by atoms with Gasteiger partial charge in [-0.05, 0) is 37.6 Å². The van der Waals surface area contributed by atoms with E-state index >= 15 is 0 Å². The minimum absolute atomic E-state index is 0.0456. The zero-order valence-corrected chi connectivity index (χ0v) is 12.7. The Kier molecular flexibility index (Phi) is 3.87. The molecule has 1 amide bonds. The third-order valence-electron chi connectivity index (χ3n) is 3.72. The van der Waals surface area contributed by atoms with Crippen LogP contribution in [0.4, 0.5) is 0 Å². The van der Waals surface area contributed by atoms with Crippen molar-refractivity contribution in [3.05, 3.63) is 59.7 Å². The summed E-state index contributed by atoms with van der Waals surface area (Å²) in [4.78, 5) is 12.4. The van der Waals surface area contributed by atoms with Crippen molar-refractivity contribution >= 4 is 16.9 Å². The lowest BCUT2D eigenvalue weighted by atomic mass is 10.1. The third-order valence-corrected chi connectivity index (χ3v) is 3.72. The van der Waals surface area contributed by atoms with Crippen LogP contribution in [0, 0.1) is 0 Å². The van der Waals surface area contributed by atoms with Crippen molar-refractivity contribution in [1.29, 1.82) is 0 Å². The molecule has 0 spiro atoms. The van der Waals surface area contributed by atoms with E-state index in [4.69, 9.17) is 0 Å². The summed E-state index contributed by atoms with van der Waals surface area (Å²) in [6, 6.07) is 15.3. The van der Waals surface area contributed by atoms with Gasteiger partial charge in [0, 0.05) is 12.1 Å². The van der Waals surface area contributed by atoms with Gasteiger partial charge in [-0.2, -0.15) is 0 Å². The van der Waals surface area contributed by atoms with Crippen LogP contribution in [0.15, 0.2) is 48.5 Å². The van der Waals surface area contributed by atoms with E-state index in [-0.39, 0.29) is 11.9 Å². The van der Waals surface area contributed by atoms with E-state index in [1.54, 1.807) is 6.07 Å². The molecule has 1 atom stereocenters. The molecular formula is C17H18N4O. The summed E-state index contributed by atoms with van der Waals surface area (Å²) in [5, 5.41) is 11.2. The lowest BCUT2D eigenvalue weighted by Gasteiger charge is -2.14. The van der Waals surface area contributed by atoms with E-state index in [1.807, 2.05) is 61.0 Å². The molecule has 0 saturated heterocycles. The van der Waals surface area contributed by atoms with Crippen LogP contribution < -0.4 is 5.32 Å². The molecule has 3 rings (SSSR count). The summed E-state index contributed by atoms with van der Waals surface area (Å²) < 4.78 is 1.81. The van der Waals surface area contributed by atoms with Crippen LogP contribution in [0.25, 0.3) is 11.0 Å². The highest BCUT2D eigenvalue weighted by molar-refractivity contribution is 5.97. The largest absolute Gasteiger partial charge is 0.346 e. The quantitative estimate of drug-likeness (QED) is 0.805. The smallest absolute Gasteiger partial charge is 0.251 e. The minimum atomic E-state index is -0.107. The maximum Gasteiger partial charge on any atom is 0.251 e. The monoisotopic (exact) mass is 294 g/mol. The number of aromatic nitrogens is 3. The summed E-state index contributed by atoms with van der Waals surface area (Å²) in [6.45, 7) is 4.74. The summed E-state index contributed by atoms with van der Waals surface area (Å²) in [5.41, 5.74) is 3.35. The second-order valence-electron chi connectivity index (χ2n) is 5.21. The first-order chi connectivity index (χ1) is 10.7. The van der Waals surface area contributed by atoms with Crippen molar-refractivity contribution in [2.45, 2.75) is 26.4 Å². The highest BCUT2D eigenvalue weighted by atomic mass is 16.1. The molecule has 1 N–H and O–H groups in total. The highest BCUT2D eigenvalue weighted by Crippen LogP contribution is 2.16. The molecule has 0 aliphatic rings. The van der Waals surface area contributed by atoms with Crippen LogP contribution in [0.5, 0.6) is 0 Å². The van der Waals surface area contributed by atoms with Crippen molar-refractivity contribution in [1.82, 2.24) is 20.3 Å². The first-order valence-corrected chi connectivity index (χ1v) is 7.38. The van der Waals surface area contributed by atoms with Gasteiger partial charge in [-0.3, -0.25) is 4.79 Å². The normalized spacial score (nSPS) is 12.3. The number of benzene rings is 2. The van der Waals surface area contributed by atoms with Crippen LogP contribution >= 0.6 is 0 Å². The maximum atomic E-state index is 12.4. The van der Waals surface area contributed by atoms with E-state index < -0.39 is 0 Å². The van der Waals surface area contributed by atoms with Gasteiger partial charge in [0.15, 0.2) is 0 Å². The van der Waals surface area contributed by atoms with Crippen LogP contribution in [-0.4, -0.2) is 20.9 Å². The number of fused-ring (bicyclic) bond motifs is 1. The zero-order valence-electron chi connectivity index (χ0n) is 12.7. The molecule has 0 fully saturated rings. The topological polar surface area (TPSA) is 59.8 Å². The Bertz CT molecular complexity index is 795. The molecule has 1 aromatic heterocycles. The summed E-state index contributed by atoms with van der Waals surface area (Å²) in [6.07, 6.45) is 0. The predicted octanol–water partition coefficient (Wildman–Crippen LogP) is 2.94. The zero-order chi connectivity index (χ0) is 15.5. The molecular weight excluding hydrogens is 276 g/mol. The van der Waals surface area contributed by atoms with Gasteiger partial charge in [0.1, 0.15) is 5.52 Å². The molecule has 1 heterocycles. The Morgan fingerprint density at radius 1 is 1.23 bits per heavy atom. The molecule has 22 heavy (non-hydrogen) atoms. The number of carbonyl (C=O) groups is 1. The molecule has 5 heteroatoms. The van der Waals surface area contributed by atoms with E-state index in [0.717, 1.165) is 23.1 Å². The third kappa shape index (κ3) is 2.70. The average Bonchev–Trinajstić information content (AvgIpc) is 2.97. The lowest BCUT2D eigenvalue weighted by molar-refractivity contribution is 0.0940. The molecule has 5 nitrogen and oxygen atoms in total. The second kappa shape index (κ2) is 5.97. The molecule has 0 aliphatic heterocycles. The Balaban J connectivity index is 1.80. The minimum Gasteiger partial charge on any atom is -0.346 e. The van der Waals surface area contributed by atoms with Crippen molar-refractivity contribution in [3.8, 4) is 0 Å². The van der Waals surface area contributed by atoms with Crippen LogP contribution in [-0.2, 0) is 6.54 Å². The van der Waals surface area contributed by atoms with Crippen LogP contribution in [0.2, 0.25) is 0 Å². The Morgan fingerprint density at radius 2 is 2.00 bits per heavy atom.